The Morgan fingerprint density at radius 3 is 2.50 bits per heavy atom. The summed E-state index contributed by atoms with van der Waals surface area (Å²) in [7, 11) is -1.42. The first-order valence-electron chi connectivity index (χ1n) is 8.42. The van der Waals surface area contributed by atoms with Gasteiger partial charge < -0.3 is 9.80 Å². The minimum atomic E-state index is -3.47. The van der Waals surface area contributed by atoms with Crippen LogP contribution >= 0.6 is 11.3 Å². The molecule has 2 aliphatic heterocycles. The first-order valence-corrected chi connectivity index (χ1v) is 10.7. The Hall–Kier alpha value is -0.960. The molecule has 0 radical (unpaired) electrons. The SMILES string of the molecule is Cc1ccc(S(=O)(=O)N2CCCC(C(=O)N3CCN(C)CC3)C2)s1. The highest BCUT2D eigenvalue weighted by Crippen LogP contribution is 2.29. The lowest BCUT2D eigenvalue weighted by Crippen LogP contribution is -2.52. The van der Waals surface area contributed by atoms with Gasteiger partial charge in [0.2, 0.25) is 5.91 Å². The number of hydrogen-bond donors (Lipinski definition) is 0. The molecular formula is C16H25N3O3S2. The number of carbonyl (C=O) groups excluding carboxylic acids is 1. The number of nitrogens with zero attached hydrogens (tertiary/aromatic N) is 3. The van der Waals surface area contributed by atoms with Gasteiger partial charge in [-0.15, -0.1) is 11.3 Å². The standard InChI is InChI=1S/C16H25N3O3S2/c1-13-5-6-15(23-13)24(21,22)19-7-3-4-14(12-19)16(20)18-10-8-17(2)9-11-18/h5-6,14H,3-4,7-12H2,1-2H3. The molecule has 24 heavy (non-hydrogen) atoms. The van der Waals surface area contributed by atoms with Gasteiger partial charge >= 0.3 is 0 Å². The van der Waals surface area contributed by atoms with E-state index in [9.17, 15) is 13.2 Å². The van der Waals surface area contributed by atoms with E-state index in [1.807, 2.05) is 17.9 Å². The fraction of sp³-hybridized carbons (Fsp3) is 0.688. The van der Waals surface area contributed by atoms with E-state index >= 15 is 0 Å². The topological polar surface area (TPSA) is 60.9 Å². The zero-order valence-corrected chi connectivity index (χ0v) is 15.9. The van der Waals surface area contributed by atoms with Gasteiger partial charge in [0.1, 0.15) is 4.21 Å². The molecule has 0 bridgehead atoms. The Kier molecular flexibility index (Phi) is 5.29. The highest BCUT2D eigenvalue weighted by Gasteiger charge is 2.36. The van der Waals surface area contributed by atoms with Crippen LogP contribution in [0, 0.1) is 12.8 Å². The highest BCUT2D eigenvalue weighted by atomic mass is 32.2. The van der Waals surface area contributed by atoms with Crippen LogP contribution in [0.3, 0.4) is 0 Å². The maximum absolute atomic E-state index is 12.8. The van der Waals surface area contributed by atoms with Crippen LogP contribution in [-0.2, 0) is 14.8 Å². The molecule has 0 spiro atoms. The summed E-state index contributed by atoms with van der Waals surface area (Å²) in [5.41, 5.74) is 0. The lowest BCUT2D eigenvalue weighted by atomic mass is 9.98. The van der Waals surface area contributed by atoms with E-state index in [1.54, 1.807) is 6.07 Å². The quantitative estimate of drug-likeness (QED) is 0.802. The fourth-order valence-corrected chi connectivity index (χ4v) is 6.29. The van der Waals surface area contributed by atoms with Crippen molar-refractivity contribution < 1.29 is 13.2 Å². The van der Waals surface area contributed by atoms with Crippen molar-refractivity contribution in [1.82, 2.24) is 14.1 Å². The smallest absolute Gasteiger partial charge is 0.252 e. The van der Waals surface area contributed by atoms with Crippen molar-refractivity contribution in [2.24, 2.45) is 5.92 Å². The lowest BCUT2D eigenvalue weighted by molar-refractivity contribution is -0.138. The minimum Gasteiger partial charge on any atom is -0.340 e. The molecule has 1 aromatic heterocycles. The first-order chi connectivity index (χ1) is 11.4. The molecule has 0 saturated carbocycles. The zero-order valence-electron chi connectivity index (χ0n) is 14.3. The van der Waals surface area contributed by atoms with E-state index in [1.165, 1.54) is 15.6 Å². The first kappa shape index (κ1) is 17.8. The van der Waals surface area contributed by atoms with Crippen LogP contribution in [-0.4, -0.2) is 74.7 Å². The van der Waals surface area contributed by atoms with E-state index in [0.717, 1.165) is 43.9 Å². The van der Waals surface area contributed by atoms with Gasteiger partial charge in [-0.2, -0.15) is 4.31 Å². The van der Waals surface area contributed by atoms with E-state index < -0.39 is 10.0 Å². The van der Waals surface area contributed by atoms with Crippen molar-refractivity contribution >= 4 is 27.3 Å². The Balaban J connectivity index is 1.69. The van der Waals surface area contributed by atoms with Gasteiger partial charge in [-0.3, -0.25) is 4.79 Å². The van der Waals surface area contributed by atoms with Gasteiger partial charge in [0.15, 0.2) is 0 Å². The van der Waals surface area contributed by atoms with Crippen molar-refractivity contribution in [1.29, 1.82) is 0 Å². The van der Waals surface area contributed by atoms with Crippen molar-refractivity contribution in [2.75, 3.05) is 46.3 Å². The van der Waals surface area contributed by atoms with Crippen molar-refractivity contribution in [2.45, 2.75) is 24.0 Å². The van der Waals surface area contributed by atoms with Crippen LogP contribution in [0.1, 0.15) is 17.7 Å². The van der Waals surface area contributed by atoms with Crippen molar-refractivity contribution in [3.05, 3.63) is 17.0 Å². The van der Waals surface area contributed by atoms with Crippen LogP contribution < -0.4 is 0 Å². The molecule has 6 nitrogen and oxygen atoms in total. The Morgan fingerprint density at radius 1 is 1.17 bits per heavy atom. The number of piperazine rings is 1. The summed E-state index contributed by atoms with van der Waals surface area (Å²) in [5, 5.41) is 0. The maximum Gasteiger partial charge on any atom is 0.252 e. The largest absolute Gasteiger partial charge is 0.340 e. The molecule has 134 valence electrons. The zero-order chi connectivity index (χ0) is 17.3. The number of aryl methyl sites for hydroxylation is 1. The predicted molar refractivity (Wildman–Crippen MR) is 94.6 cm³/mol. The summed E-state index contributed by atoms with van der Waals surface area (Å²) in [6.07, 6.45) is 1.52. The van der Waals surface area contributed by atoms with E-state index in [0.29, 0.717) is 17.3 Å². The summed E-state index contributed by atoms with van der Waals surface area (Å²) < 4.78 is 27.5. The molecule has 2 saturated heterocycles. The number of likely N-dealkylation sites (N-methyl/N-ethyl adjacent to an activating group) is 1. The molecule has 1 amide bonds. The Bertz CT molecular complexity index is 693. The van der Waals surface area contributed by atoms with E-state index in [2.05, 4.69) is 11.9 Å². The Labute approximate surface area is 148 Å². The minimum absolute atomic E-state index is 0.116. The summed E-state index contributed by atoms with van der Waals surface area (Å²) in [4.78, 5) is 17.9. The molecule has 1 atom stereocenters. The third-order valence-corrected chi connectivity index (χ3v) is 8.19. The summed E-state index contributed by atoms with van der Waals surface area (Å²) in [6.45, 7) is 5.96. The predicted octanol–water partition coefficient (Wildman–Crippen LogP) is 1.23. The van der Waals surface area contributed by atoms with Gasteiger partial charge in [-0.05, 0) is 38.9 Å². The molecule has 0 N–H and O–H groups in total. The number of thiophene rings is 1. The average molecular weight is 372 g/mol. The molecule has 2 aliphatic rings. The van der Waals surface area contributed by atoms with Gasteiger partial charge in [0, 0.05) is 44.1 Å². The second kappa shape index (κ2) is 7.11. The van der Waals surface area contributed by atoms with Crippen LogP contribution in [0.4, 0.5) is 0 Å². The van der Waals surface area contributed by atoms with Gasteiger partial charge in [0.25, 0.3) is 10.0 Å². The molecule has 8 heteroatoms. The van der Waals surface area contributed by atoms with Crippen molar-refractivity contribution in [3.8, 4) is 0 Å². The fourth-order valence-electron chi connectivity index (χ4n) is 3.33. The molecule has 3 heterocycles. The number of hydrogen-bond acceptors (Lipinski definition) is 5. The molecule has 3 rings (SSSR count). The van der Waals surface area contributed by atoms with Gasteiger partial charge in [0.05, 0.1) is 5.92 Å². The van der Waals surface area contributed by atoms with Crippen LogP contribution in [0.2, 0.25) is 0 Å². The van der Waals surface area contributed by atoms with E-state index in [-0.39, 0.29) is 11.8 Å². The second-order valence-electron chi connectivity index (χ2n) is 6.70. The monoisotopic (exact) mass is 371 g/mol. The van der Waals surface area contributed by atoms with Crippen molar-refractivity contribution in [3.63, 3.8) is 0 Å². The van der Waals surface area contributed by atoms with Gasteiger partial charge in [-0.25, -0.2) is 8.42 Å². The number of carbonyl (C=O) groups is 1. The second-order valence-corrected chi connectivity index (χ2v) is 10.1. The molecule has 0 aromatic carbocycles. The average Bonchev–Trinajstić information content (AvgIpc) is 3.02. The third-order valence-electron chi connectivity index (χ3n) is 4.86. The summed E-state index contributed by atoms with van der Waals surface area (Å²) in [6, 6.07) is 3.50. The molecule has 1 unspecified atom stereocenters. The van der Waals surface area contributed by atoms with E-state index in [4.69, 9.17) is 0 Å². The Morgan fingerprint density at radius 2 is 1.88 bits per heavy atom. The lowest BCUT2D eigenvalue weighted by Gasteiger charge is -2.37. The maximum atomic E-state index is 12.8. The normalized spacial score (nSPS) is 24.2. The highest BCUT2D eigenvalue weighted by molar-refractivity contribution is 7.91. The summed E-state index contributed by atoms with van der Waals surface area (Å²) in [5.74, 6) is -0.0941. The van der Waals surface area contributed by atoms with Gasteiger partial charge in [-0.1, -0.05) is 0 Å². The number of piperidine rings is 1. The number of amides is 1. The van der Waals surface area contributed by atoms with Crippen LogP contribution in [0.25, 0.3) is 0 Å². The third kappa shape index (κ3) is 3.66. The summed E-state index contributed by atoms with van der Waals surface area (Å²) >= 11 is 1.30. The molecule has 0 aliphatic carbocycles. The molecular weight excluding hydrogens is 346 g/mol. The number of rotatable bonds is 3. The number of sulfonamides is 1. The van der Waals surface area contributed by atoms with Crippen LogP contribution in [0.5, 0.6) is 0 Å². The van der Waals surface area contributed by atoms with Crippen LogP contribution in [0.15, 0.2) is 16.3 Å². The molecule has 1 aromatic rings. The molecule has 2 fully saturated rings.